The summed E-state index contributed by atoms with van der Waals surface area (Å²) in [6, 6.07) is 11.3. The number of nitrogens with one attached hydrogen (secondary N) is 2. The molecule has 1 amide bonds. The van der Waals surface area contributed by atoms with Gasteiger partial charge in [-0.15, -0.1) is 0 Å². The zero-order valence-electron chi connectivity index (χ0n) is 13.4. The van der Waals surface area contributed by atoms with E-state index in [-0.39, 0.29) is 5.91 Å². The van der Waals surface area contributed by atoms with E-state index in [0.717, 1.165) is 11.4 Å². The highest BCUT2D eigenvalue weighted by molar-refractivity contribution is 6.30. The first-order chi connectivity index (χ1) is 12.2. The first kappa shape index (κ1) is 17.0. The summed E-state index contributed by atoms with van der Waals surface area (Å²) in [5.41, 5.74) is 1.57. The van der Waals surface area contributed by atoms with E-state index >= 15 is 0 Å². The summed E-state index contributed by atoms with van der Waals surface area (Å²) < 4.78 is 5.16. The molecular weight excluding hydrogens is 340 g/mol. The summed E-state index contributed by atoms with van der Waals surface area (Å²) in [7, 11) is 0. The Morgan fingerprint density at radius 1 is 1.12 bits per heavy atom. The number of anilines is 1. The molecule has 3 aromatic rings. The molecule has 0 unspecified atom stereocenters. The Morgan fingerprint density at radius 3 is 2.56 bits per heavy atom. The van der Waals surface area contributed by atoms with Crippen molar-refractivity contribution in [3.05, 3.63) is 77.0 Å². The lowest BCUT2D eigenvalue weighted by atomic mass is 10.1. The van der Waals surface area contributed by atoms with E-state index in [4.69, 9.17) is 16.0 Å². The van der Waals surface area contributed by atoms with E-state index in [1.807, 2.05) is 24.3 Å². The molecule has 0 radical (unpaired) electrons. The van der Waals surface area contributed by atoms with Crippen LogP contribution in [0.15, 0.2) is 59.5 Å². The number of carbonyl (C=O) groups excluding carboxylic acids is 1. The molecule has 0 fully saturated rings. The Morgan fingerprint density at radius 2 is 1.88 bits per heavy atom. The number of halogens is 1. The number of nitrogens with zero attached hydrogens (tertiary/aromatic N) is 2. The SMILES string of the molecule is O=C(NCc1ccco1)c1cnc(NCCc2ccc(Cl)cc2)nc1. The smallest absolute Gasteiger partial charge is 0.254 e. The zero-order chi connectivity index (χ0) is 17.5. The molecule has 2 aromatic heterocycles. The Bertz CT molecular complexity index is 802. The lowest BCUT2D eigenvalue weighted by molar-refractivity contribution is 0.0947. The fourth-order valence-electron chi connectivity index (χ4n) is 2.19. The standard InChI is InChI=1S/C18H17ClN4O2/c19-15-5-3-13(4-6-15)7-8-20-18-22-10-14(11-23-18)17(24)21-12-16-2-1-9-25-16/h1-6,9-11H,7-8,12H2,(H,21,24)(H,20,22,23). The van der Waals surface area contributed by atoms with E-state index in [0.29, 0.717) is 30.4 Å². The number of benzene rings is 1. The van der Waals surface area contributed by atoms with Gasteiger partial charge in [0.2, 0.25) is 5.95 Å². The predicted molar refractivity (Wildman–Crippen MR) is 95.6 cm³/mol. The molecule has 2 heterocycles. The summed E-state index contributed by atoms with van der Waals surface area (Å²) in [5.74, 6) is 0.926. The van der Waals surface area contributed by atoms with Gasteiger partial charge in [0.05, 0.1) is 18.4 Å². The van der Waals surface area contributed by atoms with Crippen molar-refractivity contribution in [3.8, 4) is 0 Å². The molecule has 0 aliphatic carbocycles. The van der Waals surface area contributed by atoms with Crippen LogP contribution >= 0.6 is 11.6 Å². The highest BCUT2D eigenvalue weighted by Crippen LogP contribution is 2.10. The predicted octanol–water partition coefficient (Wildman–Crippen LogP) is 3.31. The van der Waals surface area contributed by atoms with Crippen molar-refractivity contribution in [1.29, 1.82) is 0 Å². The van der Waals surface area contributed by atoms with Gasteiger partial charge in [-0.1, -0.05) is 23.7 Å². The Balaban J connectivity index is 1.46. The van der Waals surface area contributed by atoms with E-state index in [1.165, 1.54) is 18.0 Å². The number of amides is 1. The second-order valence-electron chi connectivity index (χ2n) is 5.36. The highest BCUT2D eigenvalue weighted by atomic mass is 35.5. The maximum Gasteiger partial charge on any atom is 0.254 e. The van der Waals surface area contributed by atoms with Gasteiger partial charge in [0.1, 0.15) is 5.76 Å². The van der Waals surface area contributed by atoms with Crippen LogP contribution in [-0.4, -0.2) is 22.4 Å². The van der Waals surface area contributed by atoms with Gasteiger partial charge >= 0.3 is 0 Å². The summed E-state index contributed by atoms with van der Waals surface area (Å²) >= 11 is 5.86. The maximum atomic E-state index is 12.0. The number of furan rings is 1. The molecule has 0 aliphatic rings. The van der Waals surface area contributed by atoms with Crippen molar-refractivity contribution < 1.29 is 9.21 Å². The van der Waals surface area contributed by atoms with Crippen LogP contribution < -0.4 is 10.6 Å². The molecule has 0 atom stereocenters. The fourth-order valence-corrected chi connectivity index (χ4v) is 2.31. The molecule has 0 saturated heterocycles. The van der Waals surface area contributed by atoms with Gasteiger partial charge in [0.15, 0.2) is 0 Å². The molecule has 0 spiro atoms. The monoisotopic (exact) mass is 356 g/mol. The normalized spacial score (nSPS) is 10.4. The molecule has 25 heavy (non-hydrogen) atoms. The Labute approximate surface area is 150 Å². The van der Waals surface area contributed by atoms with Crippen molar-refractivity contribution in [1.82, 2.24) is 15.3 Å². The molecule has 0 aliphatic heterocycles. The topological polar surface area (TPSA) is 80.0 Å². The Hall–Kier alpha value is -2.86. The summed E-state index contributed by atoms with van der Waals surface area (Å²) in [5, 5.41) is 6.60. The van der Waals surface area contributed by atoms with Crippen molar-refractivity contribution in [2.24, 2.45) is 0 Å². The third kappa shape index (κ3) is 5.06. The summed E-state index contributed by atoms with van der Waals surface area (Å²) in [4.78, 5) is 20.3. The number of hydrogen-bond donors (Lipinski definition) is 2. The van der Waals surface area contributed by atoms with Gasteiger partial charge in [0, 0.05) is 24.0 Å². The number of hydrogen-bond acceptors (Lipinski definition) is 5. The average molecular weight is 357 g/mol. The van der Waals surface area contributed by atoms with Crippen LogP contribution in [-0.2, 0) is 13.0 Å². The van der Waals surface area contributed by atoms with Crippen LogP contribution in [0.1, 0.15) is 21.7 Å². The molecule has 0 bridgehead atoms. The molecule has 0 saturated carbocycles. The van der Waals surface area contributed by atoms with Gasteiger partial charge in [-0.25, -0.2) is 9.97 Å². The van der Waals surface area contributed by atoms with Crippen LogP contribution in [0, 0.1) is 0 Å². The van der Waals surface area contributed by atoms with Gasteiger partial charge in [-0.05, 0) is 36.2 Å². The number of aromatic nitrogens is 2. The van der Waals surface area contributed by atoms with Crippen LogP contribution in [0.2, 0.25) is 5.02 Å². The third-order valence-electron chi connectivity index (χ3n) is 3.53. The van der Waals surface area contributed by atoms with Crippen LogP contribution in [0.25, 0.3) is 0 Å². The minimum absolute atomic E-state index is 0.246. The molecule has 6 nitrogen and oxygen atoms in total. The molecule has 7 heteroatoms. The second kappa shape index (κ2) is 8.30. The molecule has 1 aromatic carbocycles. The van der Waals surface area contributed by atoms with Crippen LogP contribution in [0.3, 0.4) is 0 Å². The first-order valence-corrected chi connectivity index (χ1v) is 8.19. The quantitative estimate of drug-likeness (QED) is 0.679. The van der Waals surface area contributed by atoms with Crippen molar-refractivity contribution >= 4 is 23.5 Å². The van der Waals surface area contributed by atoms with Gasteiger partial charge < -0.3 is 15.1 Å². The lowest BCUT2D eigenvalue weighted by Crippen LogP contribution is -2.23. The minimum atomic E-state index is -0.246. The molecular formula is C18H17ClN4O2. The van der Waals surface area contributed by atoms with Crippen molar-refractivity contribution in [2.45, 2.75) is 13.0 Å². The largest absolute Gasteiger partial charge is 0.467 e. The highest BCUT2D eigenvalue weighted by Gasteiger charge is 2.07. The Kier molecular flexibility index (Phi) is 5.64. The van der Waals surface area contributed by atoms with Crippen LogP contribution in [0.5, 0.6) is 0 Å². The van der Waals surface area contributed by atoms with E-state index in [2.05, 4.69) is 20.6 Å². The maximum absolute atomic E-state index is 12.0. The van der Waals surface area contributed by atoms with Gasteiger partial charge in [0.25, 0.3) is 5.91 Å². The van der Waals surface area contributed by atoms with Crippen molar-refractivity contribution in [2.75, 3.05) is 11.9 Å². The van der Waals surface area contributed by atoms with E-state index < -0.39 is 0 Å². The van der Waals surface area contributed by atoms with E-state index in [9.17, 15) is 4.79 Å². The van der Waals surface area contributed by atoms with Crippen molar-refractivity contribution in [3.63, 3.8) is 0 Å². The number of carbonyl (C=O) groups is 1. The third-order valence-corrected chi connectivity index (χ3v) is 3.78. The minimum Gasteiger partial charge on any atom is -0.467 e. The second-order valence-corrected chi connectivity index (χ2v) is 5.80. The summed E-state index contributed by atoms with van der Waals surface area (Å²) in [6.07, 6.45) is 5.38. The van der Waals surface area contributed by atoms with Gasteiger partial charge in [-0.3, -0.25) is 4.79 Å². The fraction of sp³-hybridized carbons (Fsp3) is 0.167. The van der Waals surface area contributed by atoms with Crippen LogP contribution in [0.4, 0.5) is 5.95 Å². The zero-order valence-corrected chi connectivity index (χ0v) is 14.2. The van der Waals surface area contributed by atoms with E-state index in [1.54, 1.807) is 18.4 Å². The molecule has 3 rings (SSSR count). The molecule has 128 valence electrons. The van der Waals surface area contributed by atoms with Gasteiger partial charge in [-0.2, -0.15) is 0 Å². The lowest BCUT2D eigenvalue weighted by Gasteiger charge is -2.06. The molecule has 2 N–H and O–H groups in total. The summed E-state index contributed by atoms with van der Waals surface area (Å²) in [6.45, 7) is 1.01. The first-order valence-electron chi connectivity index (χ1n) is 7.81. The average Bonchev–Trinajstić information content (AvgIpc) is 3.15. The number of rotatable bonds is 7.